The van der Waals surface area contributed by atoms with Crippen LogP contribution in [0.5, 0.6) is 0 Å². The minimum absolute atomic E-state index is 0.0527. The number of amides is 4. The third-order valence-corrected chi connectivity index (χ3v) is 17.5. The molecule has 0 unspecified atom stereocenters. The number of hydrogen-bond donors (Lipinski definition) is 2. The molecule has 4 amide bonds. The van der Waals surface area contributed by atoms with E-state index >= 15 is 0 Å². The fourth-order valence-corrected chi connectivity index (χ4v) is 12.6. The van der Waals surface area contributed by atoms with Gasteiger partial charge < -0.3 is 49.3 Å². The van der Waals surface area contributed by atoms with Gasteiger partial charge in [-0.3, -0.25) is 19.2 Å². The summed E-state index contributed by atoms with van der Waals surface area (Å²) in [6, 6.07) is 6.73. The van der Waals surface area contributed by atoms with E-state index in [1.54, 1.807) is 0 Å². The monoisotopic (exact) mass is 1100 g/mol. The van der Waals surface area contributed by atoms with Crippen molar-refractivity contribution >= 4 is 74.9 Å². The molecule has 4 aromatic rings. The summed E-state index contributed by atoms with van der Waals surface area (Å²) in [6.45, 7) is 23.1. The lowest BCUT2D eigenvalue weighted by molar-refractivity contribution is -0.114. The van der Waals surface area contributed by atoms with Gasteiger partial charge in [0.05, 0.1) is 72.6 Å². The molecule has 13 rings (SSSR count). The molecule has 408 valence electrons. The number of pyridine rings is 3. The molecule has 3 aliphatic carbocycles. The number of anilines is 3. The van der Waals surface area contributed by atoms with Crippen LogP contribution in [0.2, 0.25) is 10.3 Å². The molecular formula is C55H71Cl2N11O7S. The van der Waals surface area contributed by atoms with E-state index in [-0.39, 0.29) is 29.7 Å². The number of fused-ring (bicyclic) bond motifs is 3. The molecule has 0 radical (unpaired) electrons. The molecule has 0 bridgehead atoms. The number of rotatable bonds is 10. The van der Waals surface area contributed by atoms with Crippen LogP contribution in [0.15, 0.2) is 18.2 Å². The molecule has 0 aromatic carbocycles. The van der Waals surface area contributed by atoms with Crippen LogP contribution in [0.25, 0.3) is 10.6 Å². The zero-order valence-corrected chi connectivity index (χ0v) is 46.9. The Balaban J connectivity index is 0.000000127. The van der Waals surface area contributed by atoms with Crippen LogP contribution in [-0.4, -0.2) is 155 Å². The quantitative estimate of drug-likeness (QED) is 0.147. The lowest BCUT2D eigenvalue weighted by Gasteiger charge is -2.29. The summed E-state index contributed by atoms with van der Waals surface area (Å²) >= 11 is 13.7. The van der Waals surface area contributed by atoms with E-state index in [1.165, 1.54) is 56.8 Å². The van der Waals surface area contributed by atoms with Crippen LogP contribution >= 0.6 is 34.5 Å². The Labute approximate surface area is 459 Å². The first-order valence-electron chi connectivity index (χ1n) is 27.2. The van der Waals surface area contributed by atoms with Crippen molar-refractivity contribution in [2.45, 2.75) is 118 Å². The van der Waals surface area contributed by atoms with Gasteiger partial charge in [-0.1, -0.05) is 34.5 Å². The molecule has 2 N–H and O–H groups in total. The van der Waals surface area contributed by atoms with Crippen LogP contribution in [0.4, 0.5) is 16.8 Å². The van der Waals surface area contributed by atoms with E-state index < -0.39 is 0 Å². The van der Waals surface area contributed by atoms with Crippen molar-refractivity contribution in [2.75, 3.05) is 94.0 Å². The Bertz CT molecular complexity index is 2810. The van der Waals surface area contributed by atoms with Gasteiger partial charge in [0.1, 0.15) is 21.9 Å². The van der Waals surface area contributed by atoms with Crippen molar-refractivity contribution < 1.29 is 33.4 Å². The van der Waals surface area contributed by atoms with Gasteiger partial charge in [0.2, 0.25) is 5.91 Å². The zero-order valence-electron chi connectivity index (χ0n) is 44.6. The smallest absolute Gasteiger partial charge is 0.258 e. The maximum Gasteiger partial charge on any atom is 0.258 e. The number of carbonyl (C=O) groups is 4. The summed E-state index contributed by atoms with van der Waals surface area (Å²) in [7, 11) is 0. The molecule has 76 heavy (non-hydrogen) atoms. The second-order valence-electron chi connectivity index (χ2n) is 21.5. The van der Waals surface area contributed by atoms with Crippen LogP contribution in [0, 0.1) is 31.6 Å². The van der Waals surface area contributed by atoms with Gasteiger partial charge in [0.25, 0.3) is 17.7 Å². The molecule has 18 nitrogen and oxygen atoms in total. The predicted molar refractivity (Wildman–Crippen MR) is 294 cm³/mol. The average molecular weight is 1100 g/mol. The minimum Gasteiger partial charge on any atom is -0.379 e. The highest BCUT2D eigenvalue weighted by Gasteiger charge is 2.44. The van der Waals surface area contributed by atoms with Gasteiger partial charge >= 0.3 is 0 Å². The van der Waals surface area contributed by atoms with Crippen molar-refractivity contribution in [1.82, 2.24) is 40.0 Å². The lowest BCUT2D eigenvalue weighted by Crippen LogP contribution is -2.39. The lowest BCUT2D eigenvalue weighted by atomic mass is 10.1. The highest BCUT2D eigenvalue weighted by Crippen LogP contribution is 2.44. The Morgan fingerprint density at radius 1 is 0.632 bits per heavy atom. The molecule has 6 fully saturated rings. The maximum atomic E-state index is 13.4. The first-order valence-corrected chi connectivity index (χ1v) is 28.7. The second kappa shape index (κ2) is 23.5. The van der Waals surface area contributed by atoms with E-state index in [4.69, 9.17) is 42.4 Å². The van der Waals surface area contributed by atoms with Gasteiger partial charge in [-0.15, -0.1) is 0 Å². The SMILES string of the molecule is C1COCCN1.CC(=O)Nc1nc(C)c(-c2cc3c(c(N4CCOCC4)n2)C(=O)N([C@@H](C)C2CC2)C3)s1.C[C@@H](C1CC1)N1Cc2cc(Cl)nc(N3CCOCC3)c2C1=O.Cc1cc2c(c(Cl)n1)C(=O)N([C@@H](C)C1CC1)C2. The van der Waals surface area contributed by atoms with Gasteiger partial charge in [-0.2, -0.15) is 0 Å². The van der Waals surface area contributed by atoms with Gasteiger partial charge in [-0.25, -0.2) is 19.9 Å². The number of thiazole rings is 1. The summed E-state index contributed by atoms with van der Waals surface area (Å²) < 4.78 is 15.9. The summed E-state index contributed by atoms with van der Waals surface area (Å²) in [5.74, 6) is 3.55. The third kappa shape index (κ3) is 12.1. The van der Waals surface area contributed by atoms with E-state index in [0.717, 1.165) is 101 Å². The van der Waals surface area contributed by atoms with Crippen LogP contribution in [-0.2, 0) is 38.6 Å². The normalized spacial score (nSPS) is 21.1. The minimum atomic E-state index is -0.147. The number of carbonyl (C=O) groups excluding carboxylic acids is 4. The van der Waals surface area contributed by atoms with E-state index in [9.17, 15) is 19.2 Å². The number of ether oxygens (including phenoxy) is 3. The summed E-state index contributed by atoms with van der Waals surface area (Å²) in [5.41, 5.74) is 7.67. The number of aromatic nitrogens is 4. The van der Waals surface area contributed by atoms with E-state index in [1.807, 2.05) is 46.7 Å². The molecular weight excluding hydrogens is 1030 g/mol. The number of nitrogens with one attached hydrogen (secondary N) is 2. The highest BCUT2D eigenvalue weighted by atomic mass is 35.5. The van der Waals surface area contributed by atoms with Gasteiger partial charge in [0, 0.05) is 89.6 Å². The maximum absolute atomic E-state index is 13.4. The Kier molecular flexibility index (Phi) is 16.8. The number of nitrogens with zero attached hydrogens (tertiary/aromatic N) is 9. The number of halogens is 2. The van der Waals surface area contributed by atoms with Crippen molar-refractivity contribution in [3.8, 4) is 10.6 Å². The molecule has 6 aliphatic heterocycles. The summed E-state index contributed by atoms with van der Waals surface area (Å²) in [6.07, 6.45) is 7.35. The molecule has 3 atom stereocenters. The van der Waals surface area contributed by atoms with Crippen LogP contribution < -0.4 is 20.4 Å². The highest BCUT2D eigenvalue weighted by molar-refractivity contribution is 7.19. The van der Waals surface area contributed by atoms with E-state index in [2.05, 4.69) is 56.2 Å². The van der Waals surface area contributed by atoms with Crippen molar-refractivity contribution in [1.29, 1.82) is 0 Å². The molecule has 3 saturated heterocycles. The fraction of sp³-hybridized carbons (Fsp3) is 0.600. The molecule has 10 heterocycles. The Hall–Kier alpha value is -5.02. The summed E-state index contributed by atoms with van der Waals surface area (Å²) in [4.78, 5) is 79.4. The van der Waals surface area contributed by atoms with Crippen LogP contribution in [0.1, 0.15) is 125 Å². The topological polar surface area (TPSA) is 188 Å². The first-order chi connectivity index (χ1) is 36.6. The van der Waals surface area contributed by atoms with Crippen LogP contribution in [0.3, 0.4) is 0 Å². The Morgan fingerprint density at radius 2 is 1.08 bits per heavy atom. The number of hydrogen-bond acceptors (Lipinski definition) is 15. The average Bonchev–Trinajstić information content (AvgIpc) is 4.36. The predicted octanol–water partition coefficient (Wildman–Crippen LogP) is 7.79. The third-order valence-electron chi connectivity index (χ3n) is 15.9. The van der Waals surface area contributed by atoms with Gasteiger partial charge in [0.15, 0.2) is 5.13 Å². The molecule has 9 aliphatic rings. The van der Waals surface area contributed by atoms with E-state index in [0.29, 0.717) is 110 Å². The number of aryl methyl sites for hydroxylation is 2. The van der Waals surface area contributed by atoms with Gasteiger partial charge in [-0.05, 0) is 126 Å². The molecule has 21 heteroatoms. The molecule has 3 saturated carbocycles. The zero-order chi connectivity index (χ0) is 53.4. The first kappa shape index (κ1) is 54.3. The summed E-state index contributed by atoms with van der Waals surface area (Å²) in [5, 5.41) is 7.31. The van der Waals surface area contributed by atoms with Crippen molar-refractivity contribution in [3.05, 3.63) is 73.3 Å². The fourth-order valence-electron chi connectivity index (χ4n) is 11.1. The molecule has 0 spiro atoms. The van der Waals surface area contributed by atoms with Crippen molar-refractivity contribution in [3.63, 3.8) is 0 Å². The van der Waals surface area contributed by atoms with Crippen molar-refractivity contribution in [2.24, 2.45) is 17.8 Å². The largest absolute Gasteiger partial charge is 0.379 e. The second-order valence-corrected chi connectivity index (χ2v) is 23.2. The molecule has 4 aromatic heterocycles. The standard InChI is InChI=1S/C22H27N5O3S.C16H20ClN3O2.C13H15ClN2O.C4H9NO/c1-12-19(31-22(23-12)24-14(3)28)17-10-16-11-27(13(2)15-4-5-15)21(29)18(16)20(25-17)26-6-8-30-9-7-26;1-10(11-2-3-11)20-9-12-8-13(17)18-15(14(12)16(20)21)19-4-6-22-7-5-19;1-7-5-10-6-16(8(2)9-3-4-9)13(17)11(10)12(14)15-7;1-3-6-4-2-5-1/h10,13,15H,4-9,11H2,1-3H3,(H,23,24,28);8,10-11H,2-7,9H2,1H3;5,8-9H,3-4,6H2,1-2H3;5H,1-4H2/t13-;10-;8-;/m000./s1. The Morgan fingerprint density at radius 3 is 1.53 bits per heavy atom. The number of morpholine rings is 3.